The number of anilines is 5. The van der Waals surface area contributed by atoms with Gasteiger partial charge in [-0.25, -0.2) is 9.37 Å². The number of hydrogen-bond acceptors (Lipinski definition) is 12. The van der Waals surface area contributed by atoms with Crippen LogP contribution in [0.15, 0.2) is 42.6 Å². The lowest BCUT2D eigenvalue weighted by molar-refractivity contribution is -0.138. The van der Waals surface area contributed by atoms with Crippen LogP contribution in [-0.2, 0) is 19.2 Å². The topological polar surface area (TPSA) is 190 Å². The quantitative estimate of drug-likeness (QED) is 0.183. The van der Waals surface area contributed by atoms with Crippen LogP contribution in [0, 0.1) is 11.7 Å². The number of halogens is 1. The summed E-state index contributed by atoms with van der Waals surface area (Å²) in [5.41, 5.74) is 1.84. The summed E-state index contributed by atoms with van der Waals surface area (Å²) in [4.78, 5) is 81.9. The predicted octanol–water partition coefficient (Wildman–Crippen LogP) is 4.78. The monoisotopic (exact) mass is 867 g/mol. The van der Waals surface area contributed by atoms with Crippen LogP contribution in [0.2, 0.25) is 0 Å². The molecule has 0 radical (unpaired) electrons. The molecule has 336 valence electrons. The number of piperidine rings is 3. The summed E-state index contributed by atoms with van der Waals surface area (Å²) in [5, 5.41) is 18.9. The Labute approximate surface area is 366 Å². The minimum atomic E-state index is -0.722. The number of rotatable bonds is 12. The molecule has 1 aromatic heterocycles. The maximum absolute atomic E-state index is 15.4. The molecule has 8 rings (SSSR count). The van der Waals surface area contributed by atoms with Gasteiger partial charge in [-0.15, -0.1) is 0 Å². The van der Waals surface area contributed by atoms with Gasteiger partial charge in [0.15, 0.2) is 5.82 Å². The molecule has 16 nitrogen and oxygen atoms in total. The first-order valence-electron chi connectivity index (χ1n) is 22.4. The Kier molecular flexibility index (Phi) is 12.8. The second kappa shape index (κ2) is 18.5. The maximum atomic E-state index is 15.4. The summed E-state index contributed by atoms with van der Waals surface area (Å²) in [5.74, 6) is -0.716. The number of aromatic nitrogens is 2. The number of nitrogens with one attached hydrogen (secondary N) is 3. The van der Waals surface area contributed by atoms with Gasteiger partial charge in [0.2, 0.25) is 29.6 Å². The van der Waals surface area contributed by atoms with Crippen LogP contribution in [-0.4, -0.2) is 114 Å². The standard InChI is InChI=1S/C46H58FN9O7/c1-4-35-44(62)53(2)37-27-48-45(51-40(37)56(35)31-7-5-6-8-31)49-34-12-9-30(26-38(34)63-3)41(59)52-46(19-24-57)17-22-55(23-18-46)43(61)28-15-20-54(21-16-28)36-13-10-29(25-33(36)47)32-11-14-39(58)50-42(32)60/h9-10,12-13,25-28,31-32,35,57H,4-8,11,14-24H2,1-3H3,(H,52,59)(H,48,49,51)(H,50,58,60). The van der Waals surface area contributed by atoms with E-state index in [0.29, 0.717) is 111 Å². The molecule has 5 amide bonds. The van der Waals surface area contributed by atoms with Crippen LogP contribution in [0.3, 0.4) is 0 Å². The Balaban J connectivity index is 0.874. The summed E-state index contributed by atoms with van der Waals surface area (Å²) < 4.78 is 21.1. The van der Waals surface area contributed by atoms with E-state index in [-0.39, 0.29) is 54.7 Å². The zero-order valence-corrected chi connectivity index (χ0v) is 36.3. The zero-order chi connectivity index (χ0) is 44.4. The third-order valence-corrected chi connectivity index (χ3v) is 13.9. The molecule has 2 atom stereocenters. The minimum Gasteiger partial charge on any atom is -0.495 e. The summed E-state index contributed by atoms with van der Waals surface area (Å²) in [7, 11) is 3.29. The number of likely N-dealkylation sites (N-methyl/N-ethyl adjacent to an activating group) is 1. The fourth-order valence-corrected chi connectivity index (χ4v) is 10.3. The molecule has 5 aliphatic rings. The largest absolute Gasteiger partial charge is 0.495 e. The second-order valence-corrected chi connectivity index (χ2v) is 17.6. The smallest absolute Gasteiger partial charge is 0.251 e. The first kappa shape index (κ1) is 43.8. The van der Waals surface area contributed by atoms with Crippen molar-refractivity contribution in [3.05, 3.63) is 59.5 Å². The van der Waals surface area contributed by atoms with Crippen molar-refractivity contribution in [3.8, 4) is 5.75 Å². The predicted molar refractivity (Wildman–Crippen MR) is 235 cm³/mol. The van der Waals surface area contributed by atoms with Crippen molar-refractivity contribution in [2.45, 2.75) is 108 Å². The number of methoxy groups -OCH3 is 1. The Bertz CT molecular complexity index is 2240. The number of carbonyl (C=O) groups is 5. The van der Waals surface area contributed by atoms with Gasteiger partial charge in [-0.3, -0.25) is 29.3 Å². The van der Waals surface area contributed by atoms with E-state index in [2.05, 4.69) is 25.8 Å². The first-order valence-corrected chi connectivity index (χ1v) is 22.4. The van der Waals surface area contributed by atoms with Crippen molar-refractivity contribution in [2.75, 3.05) is 67.0 Å². The maximum Gasteiger partial charge on any atom is 0.251 e. The van der Waals surface area contributed by atoms with Gasteiger partial charge in [-0.2, -0.15) is 4.98 Å². The molecular weight excluding hydrogens is 810 g/mol. The van der Waals surface area contributed by atoms with E-state index in [1.54, 1.807) is 48.5 Å². The summed E-state index contributed by atoms with van der Waals surface area (Å²) >= 11 is 0. The van der Waals surface area contributed by atoms with Gasteiger partial charge in [0.1, 0.15) is 23.3 Å². The fourth-order valence-electron chi connectivity index (χ4n) is 10.3. The third kappa shape index (κ3) is 8.89. The number of benzene rings is 2. The van der Waals surface area contributed by atoms with Gasteiger partial charge in [-0.05, 0) is 93.7 Å². The molecule has 3 aromatic rings. The number of hydrogen-bond donors (Lipinski definition) is 4. The van der Waals surface area contributed by atoms with Crippen molar-refractivity contribution < 1.29 is 38.2 Å². The fraction of sp³-hybridized carbons (Fsp3) is 0.543. The lowest BCUT2D eigenvalue weighted by Gasteiger charge is -2.44. The molecule has 4 aliphatic heterocycles. The highest BCUT2D eigenvalue weighted by atomic mass is 19.1. The van der Waals surface area contributed by atoms with Gasteiger partial charge in [0.25, 0.3) is 5.91 Å². The minimum absolute atomic E-state index is 0.0409. The number of aliphatic hydroxyl groups excluding tert-OH is 1. The molecule has 2 aromatic carbocycles. The third-order valence-electron chi connectivity index (χ3n) is 13.9. The summed E-state index contributed by atoms with van der Waals surface area (Å²) in [6, 6.07) is 9.81. The van der Waals surface area contributed by atoms with Crippen molar-refractivity contribution in [2.24, 2.45) is 5.92 Å². The number of fused-ring (bicyclic) bond motifs is 1. The molecule has 0 bridgehead atoms. The van der Waals surface area contributed by atoms with Gasteiger partial charge >= 0.3 is 0 Å². The van der Waals surface area contributed by atoms with Crippen molar-refractivity contribution in [3.63, 3.8) is 0 Å². The molecular formula is C46H58FN9O7. The molecule has 5 heterocycles. The van der Waals surface area contributed by atoms with Gasteiger partial charge < -0.3 is 40.1 Å². The number of carbonyl (C=O) groups excluding carboxylic acids is 5. The van der Waals surface area contributed by atoms with Crippen molar-refractivity contribution in [1.82, 2.24) is 25.5 Å². The van der Waals surface area contributed by atoms with Crippen molar-refractivity contribution in [1.29, 1.82) is 0 Å². The molecule has 1 saturated carbocycles. The zero-order valence-electron chi connectivity index (χ0n) is 36.3. The number of amides is 5. The average Bonchev–Trinajstić information content (AvgIpc) is 3.82. The number of ether oxygens (including phenoxy) is 1. The Morgan fingerprint density at radius 3 is 2.40 bits per heavy atom. The Hall–Kier alpha value is -5.84. The number of imide groups is 1. The van der Waals surface area contributed by atoms with Crippen LogP contribution >= 0.6 is 0 Å². The highest BCUT2D eigenvalue weighted by Crippen LogP contribution is 2.41. The molecule has 2 unspecified atom stereocenters. The van der Waals surface area contributed by atoms with Crippen molar-refractivity contribution >= 4 is 58.4 Å². The van der Waals surface area contributed by atoms with E-state index in [1.807, 2.05) is 16.7 Å². The van der Waals surface area contributed by atoms with Gasteiger partial charge in [0, 0.05) is 69.3 Å². The Morgan fingerprint density at radius 1 is 0.984 bits per heavy atom. The summed E-state index contributed by atoms with van der Waals surface area (Å²) in [6.45, 7) is 3.73. The molecule has 4 N–H and O–H groups in total. The van der Waals surface area contributed by atoms with Gasteiger partial charge in [0.05, 0.1) is 30.6 Å². The summed E-state index contributed by atoms with van der Waals surface area (Å²) in [6.07, 6.45) is 9.54. The van der Waals surface area contributed by atoms with E-state index in [0.717, 1.165) is 31.5 Å². The lowest BCUT2D eigenvalue weighted by atomic mass is 9.83. The lowest BCUT2D eigenvalue weighted by Crippen LogP contribution is -2.57. The van der Waals surface area contributed by atoms with Crippen LogP contribution in [0.1, 0.15) is 106 Å². The van der Waals surface area contributed by atoms with E-state index in [9.17, 15) is 29.1 Å². The molecule has 3 saturated heterocycles. The molecule has 1 aliphatic carbocycles. The Morgan fingerprint density at radius 2 is 1.73 bits per heavy atom. The molecule has 0 spiro atoms. The van der Waals surface area contributed by atoms with E-state index in [1.165, 1.54) is 13.2 Å². The molecule has 17 heteroatoms. The van der Waals surface area contributed by atoms with E-state index in [4.69, 9.17) is 9.72 Å². The van der Waals surface area contributed by atoms with Crippen LogP contribution in [0.4, 0.5) is 33.2 Å². The number of likely N-dealkylation sites (tertiary alicyclic amines) is 1. The SMILES string of the molecule is CCC1C(=O)N(C)c2cnc(Nc3ccc(C(=O)NC4(CCO)CCN(C(=O)C5CCN(c6ccc(C7CCC(=O)NC7=O)cc6F)CC5)CC4)cc3OC)nc2N1C1CCCC1. The average molecular weight is 868 g/mol. The second-order valence-electron chi connectivity index (χ2n) is 17.6. The van der Waals surface area contributed by atoms with Crippen LogP contribution < -0.4 is 35.4 Å². The highest BCUT2D eigenvalue weighted by molar-refractivity contribution is 6.04. The molecule has 4 fully saturated rings. The van der Waals surface area contributed by atoms with Crippen LogP contribution in [0.5, 0.6) is 5.75 Å². The normalized spacial score (nSPS) is 21.9. The van der Waals surface area contributed by atoms with Gasteiger partial charge in [-0.1, -0.05) is 25.8 Å². The van der Waals surface area contributed by atoms with E-state index < -0.39 is 23.2 Å². The molecule has 63 heavy (non-hydrogen) atoms. The highest BCUT2D eigenvalue weighted by Gasteiger charge is 2.42. The first-order chi connectivity index (χ1) is 30.4. The van der Waals surface area contributed by atoms with E-state index >= 15 is 4.39 Å². The number of nitrogens with zero attached hydrogens (tertiary/aromatic N) is 6. The number of aliphatic hydroxyl groups is 1. The van der Waals surface area contributed by atoms with Crippen LogP contribution in [0.25, 0.3) is 0 Å².